The molecule has 3 rings (SSSR count). The van der Waals surface area contributed by atoms with Crippen molar-refractivity contribution in [3.05, 3.63) is 29.7 Å². The summed E-state index contributed by atoms with van der Waals surface area (Å²) in [5.41, 5.74) is 2.14. The van der Waals surface area contributed by atoms with Crippen molar-refractivity contribution < 1.29 is 0 Å². The summed E-state index contributed by atoms with van der Waals surface area (Å²) in [6.45, 7) is 9.74. The highest BCUT2D eigenvalue weighted by Gasteiger charge is 2.17. The average molecular weight is 259 g/mol. The van der Waals surface area contributed by atoms with Crippen LogP contribution >= 0.6 is 0 Å². The van der Waals surface area contributed by atoms with Crippen LogP contribution in [0.2, 0.25) is 0 Å². The van der Waals surface area contributed by atoms with Gasteiger partial charge in [0.05, 0.1) is 0 Å². The molecule has 0 bridgehead atoms. The Balaban J connectivity index is 1.75. The molecule has 19 heavy (non-hydrogen) atoms. The molecule has 0 spiro atoms. The van der Waals surface area contributed by atoms with Crippen molar-refractivity contribution in [3.63, 3.8) is 0 Å². The normalized spacial score (nSPS) is 18.8. The Morgan fingerprint density at radius 3 is 2.89 bits per heavy atom. The largest absolute Gasteiger partial charge is 0.314 e. The fourth-order valence-corrected chi connectivity index (χ4v) is 2.57. The number of nitrogens with one attached hydrogen (secondary N) is 1. The third-order valence-electron chi connectivity index (χ3n) is 3.68. The van der Waals surface area contributed by atoms with Crippen LogP contribution in [0.1, 0.15) is 24.2 Å². The highest BCUT2D eigenvalue weighted by molar-refractivity contribution is 5.38. The van der Waals surface area contributed by atoms with Gasteiger partial charge >= 0.3 is 0 Å². The summed E-state index contributed by atoms with van der Waals surface area (Å²) in [5, 5.41) is 7.98. The smallest absolute Gasteiger partial charge is 0.155 e. The molecule has 1 aliphatic heterocycles. The monoisotopic (exact) mass is 259 g/mol. The van der Waals surface area contributed by atoms with Gasteiger partial charge in [-0.15, -0.1) is 0 Å². The second-order valence-electron chi connectivity index (χ2n) is 5.43. The molecule has 2 aromatic rings. The molecule has 0 amide bonds. The quantitative estimate of drug-likeness (QED) is 0.895. The van der Waals surface area contributed by atoms with E-state index in [9.17, 15) is 0 Å². The van der Waals surface area contributed by atoms with E-state index in [0.29, 0.717) is 5.92 Å². The lowest BCUT2D eigenvalue weighted by atomic mass is 10.1. The van der Waals surface area contributed by atoms with Crippen molar-refractivity contribution in [2.45, 2.75) is 19.8 Å². The van der Waals surface area contributed by atoms with Crippen LogP contribution in [0.3, 0.4) is 0 Å². The maximum absolute atomic E-state index is 4.63. The molecule has 1 unspecified atom stereocenters. The number of rotatable bonds is 3. The third-order valence-corrected chi connectivity index (χ3v) is 3.68. The van der Waals surface area contributed by atoms with Crippen LogP contribution < -0.4 is 5.32 Å². The first-order valence-corrected chi connectivity index (χ1v) is 6.98. The van der Waals surface area contributed by atoms with Crippen molar-refractivity contribution in [1.82, 2.24) is 24.8 Å². The van der Waals surface area contributed by atoms with Crippen LogP contribution in [0.4, 0.5) is 0 Å². The summed E-state index contributed by atoms with van der Waals surface area (Å²) < 4.78 is 1.89. The van der Waals surface area contributed by atoms with Gasteiger partial charge in [0.1, 0.15) is 0 Å². The van der Waals surface area contributed by atoms with Crippen LogP contribution in [-0.2, 0) is 0 Å². The Labute approximate surface area is 113 Å². The maximum atomic E-state index is 4.63. The van der Waals surface area contributed by atoms with Gasteiger partial charge in [-0.1, -0.05) is 13.0 Å². The molecule has 1 fully saturated rings. The first-order valence-electron chi connectivity index (χ1n) is 6.98. The molecular formula is C14H21N5. The Morgan fingerprint density at radius 1 is 1.32 bits per heavy atom. The van der Waals surface area contributed by atoms with Gasteiger partial charge in [-0.05, 0) is 18.6 Å². The molecule has 5 heteroatoms. The minimum absolute atomic E-state index is 0.373. The fourth-order valence-electron chi connectivity index (χ4n) is 2.57. The average Bonchev–Trinajstić information content (AvgIpc) is 2.83. The van der Waals surface area contributed by atoms with Crippen molar-refractivity contribution in [3.8, 4) is 0 Å². The zero-order chi connectivity index (χ0) is 13.2. The summed E-state index contributed by atoms with van der Waals surface area (Å²) in [4.78, 5) is 7.11. The minimum Gasteiger partial charge on any atom is -0.314 e. The fraction of sp³-hybridized carbons (Fsp3) is 0.571. The molecule has 3 heterocycles. The van der Waals surface area contributed by atoms with Gasteiger partial charge in [-0.3, -0.25) is 0 Å². The van der Waals surface area contributed by atoms with Gasteiger partial charge in [-0.25, -0.2) is 9.50 Å². The topological polar surface area (TPSA) is 45.5 Å². The number of piperazine rings is 1. The van der Waals surface area contributed by atoms with E-state index < -0.39 is 0 Å². The number of pyridine rings is 1. The molecule has 5 nitrogen and oxygen atoms in total. The Hall–Kier alpha value is -1.46. The summed E-state index contributed by atoms with van der Waals surface area (Å²) in [7, 11) is 0. The predicted octanol–water partition coefficient (Wildman–Crippen LogP) is 1.05. The number of nitrogens with zero attached hydrogens (tertiary/aromatic N) is 4. The van der Waals surface area contributed by atoms with E-state index in [0.717, 1.165) is 44.2 Å². The summed E-state index contributed by atoms with van der Waals surface area (Å²) in [6.07, 6.45) is 2.03. The highest BCUT2D eigenvalue weighted by atomic mass is 15.3. The van der Waals surface area contributed by atoms with E-state index in [2.05, 4.69) is 40.2 Å². The second kappa shape index (κ2) is 5.27. The molecule has 0 saturated carbocycles. The van der Waals surface area contributed by atoms with Crippen LogP contribution in [0.25, 0.3) is 5.65 Å². The molecule has 0 radical (unpaired) electrons. The van der Waals surface area contributed by atoms with Crippen LogP contribution in [-0.4, -0.2) is 52.2 Å². The zero-order valence-electron chi connectivity index (χ0n) is 11.6. The predicted molar refractivity (Wildman–Crippen MR) is 75.4 cm³/mol. The van der Waals surface area contributed by atoms with Crippen molar-refractivity contribution in [2.24, 2.45) is 0 Å². The lowest BCUT2D eigenvalue weighted by Gasteiger charge is -2.28. The van der Waals surface area contributed by atoms with Gasteiger partial charge in [0.2, 0.25) is 0 Å². The first kappa shape index (κ1) is 12.6. The van der Waals surface area contributed by atoms with Gasteiger partial charge in [0.25, 0.3) is 0 Å². The first-order chi connectivity index (χ1) is 9.22. The van der Waals surface area contributed by atoms with Crippen molar-refractivity contribution >= 4 is 5.65 Å². The number of aryl methyl sites for hydroxylation is 1. The molecule has 2 aromatic heterocycles. The van der Waals surface area contributed by atoms with E-state index in [1.54, 1.807) is 0 Å². The zero-order valence-corrected chi connectivity index (χ0v) is 11.6. The Morgan fingerprint density at radius 2 is 2.11 bits per heavy atom. The van der Waals surface area contributed by atoms with Crippen molar-refractivity contribution in [1.29, 1.82) is 0 Å². The second-order valence-corrected chi connectivity index (χ2v) is 5.43. The Kier molecular flexibility index (Phi) is 3.48. The number of aromatic nitrogens is 3. The van der Waals surface area contributed by atoms with Gasteiger partial charge in [-0.2, -0.15) is 5.10 Å². The molecule has 1 atom stereocenters. The lowest BCUT2D eigenvalue weighted by Crippen LogP contribution is -2.44. The number of hydrogen-bond donors (Lipinski definition) is 1. The summed E-state index contributed by atoms with van der Waals surface area (Å²) in [6, 6.07) is 4.11. The van der Waals surface area contributed by atoms with Crippen LogP contribution in [0, 0.1) is 6.92 Å². The number of fused-ring (bicyclic) bond motifs is 1. The standard InChI is InChI=1S/C14H21N5/c1-11-3-4-13-16-14(17-19(13)9-11)12(2)10-18-7-5-15-6-8-18/h3-4,9,12,15H,5-8,10H2,1-2H3. The number of hydrogen-bond acceptors (Lipinski definition) is 4. The van der Waals surface area contributed by atoms with Crippen LogP contribution in [0.15, 0.2) is 18.3 Å². The van der Waals surface area contributed by atoms with Gasteiger partial charge in [0, 0.05) is 44.8 Å². The van der Waals surface area contributed by atoms with Crippen molar-refractivity contribution in [2.75, 3.05) is 32.7 Å². The maximum Gasteiger partial charge on any atom is 0.155 e. The molecule has 0 aliphatic carbocycles. The minimum atomic E-state index is 0.373. The third kappa shape index (κ3) is 2.77. The van der Waals surface area contributed by atoms with Gasteiger partial charge < -0.3 is 10.2 Å². The van der Waals surface area contributed by atoms with E-state index in [1.807, 2.05) is 16.8 Å². The lowest BCUT2D eigenvalue weighted by molar-refractivity contribution is 0.228. The van der Waals surface area contributed by atoms with E-state index in [-0.39, 0.29) is 0 Å². The summed E-state index contributed by atoms with van der Waals surface area (Å²) in [5.74, 6) is 1.32. The SMILES string of the molecule is Cc1ccc2nc(C(C)CN3CCNCC3)nn2c1. The molecule has 1 N–H and O–H groups in total. The van der Waals surface area contributed by atoms with Crippen LogP contribution in [0.5, 0.6) is 0 Å². The molecular weight excluding hydrogens is 238 g/mol. The molecule has 0 aromatic carbocycles. The van der Waals surface area contributed by atoms with E-state index >= 15 is 0 Å². The van der Waals surface area contributed by atoms with E-state index in [1.165, 1.54) is 5.56 Å². The van der Waals surface area contributed by atoms with Gasteiger partial charge in [0.15, 0.2) is 11.5 Å². The Bertz CT molecular complexity index is 556. The molecule has 1 saturated heterocycles. The van der Waals surface area contributed by atoms with E-state index in [4.69, 9.17) is 0 Å². The summed E-state index contributed by atoms with van der Waals surface area (Å²) >= 11 is 0. The highest BCUT2D eigenvalue weighted by Crippen LogP contribution is 2.14. The molecule has 102 valence electrons. The molecule has 1 aliphatic rings.